The van der Waals surface area contributed by atoms with Crippen LogP contribution in [0.25, 0.3) is 0 Å². The van der Waals surface area contributed by atoms with Crippen molar-refractivity contribution in [2.75, 3.05) is 19.8 Å². The van der Waals surface area contributed by atoms with Gasteiger partial charge in [-0.2, -0.15) is 0 Å². The first-order chi connectivity index (χ1) is 8.27. The van der Waals surface area contributed by atoms with Crippen molar-refractivity contribution in [2.45, 2.75) is 25.2 Å². The lowest BCUT2D eigenvalue weighted by molar-refractivity contribution is 0.0794. The van der Waals surface area contributed by atoms with Gasteiger partial charge in [0.25, 0.3) is 5.91 Å². The molecule has 0 unspecified atom stereocenters. The quantitative estimate of drug-likeness (QED) is 0.838. The molecule has 0 aliphatic carbocycles. The molecule has 0 aromatic heterocycles. The lowest BCUT2D eigenvalue weighted by Gasteiger charge is -2.17. The SMILES string of the molecule is CCCN(C)C(=O)c1cc(S(C)(=O)=O)ccc1C. The predicted octanol–water partition coefficient (Wildman–Crippen LogP) is 1.88. The summed E-state index contributed by atoms with van der Waals surface area (Å²) in [5, 5.41) is 0. The van der Waals surface area contributed by atoms with E-state index < -0.39 is 9.84 Å². The highest BCUT2D eigenvalue weighted by molar-refractivity contribution is 7.90. The van der Waals surface area contributed by atoms with E-state index in [0.29, 0.717) is 12.1 Å². The molecular weight excluding hydrogens is 250 g/mol. The summed E-state index contributed by atoms with van der Waals surface area (Å²) in [5.74, 6) is -0.139. The van der Waals surface area contributed by atoms with Crippen LogP contribution in [0.4, 0.5) is 0 Å². The summed E-state index contributed by atoms with van der Waals surface area (Å²) in [6, 6.07) is 4.66. The van der Waals surface area contributed by atoms with Crippen LogP contribution in [0.5, 0.6) is 0 Å². The Kier molecular flexibility index (Phi) is 4.51. The zero-order valence-corrected chi connectivity index (χ0v) is 12.0. The van der Waals surface area contributed by atoms with Crippen LogP contribution in [-0.4, -0.2) is 39.1 Å². The van der Waals surface area contributed by atoms with Crippen molar-refractivity contribution in [3.8, 4) is 0 Å². The maximum Gasteiger partial charge on any atom is 0.253 e. The van der Waals surface area contributed by atoms with Crippen LogP contribution >= 0.6 is 0 Å². The smallest absolute Gasteiger partial charge is 0.253 e. The third-order valence-electron chi connectivity index (χ3n) is 2.77. The maximum atomic E-state index is 12.2. The Labute approximate surface area is 109 Å². The van der Waals surface area contributed by atoms with Crippen molar-refractivity contribution in [2.24, 2.45) is 0 Å². The summed E-state index contributed by atoms with van der Waals surface area (Å²) >= 11 is 0. The van der Waals surface area contributed by atoms with E-state index in [-0.39, 0.29) is 10.8 Å². The van der Waals surface area contributed by atoms with Gasteiger partial charge in [0.15, 0.2) is 9.84 Å². The minimum atomic E-state index is -3.28. The predicted molar refractivity (Wildman–Crippen MR) is 71.5 cm³/mol. The van der Waals surface area contributed by atoms with E-state index in [1.165, 1.54) is 12.1 Å². The average molecular weight is 269 g/mol. The number of sulfone groups is 1. The summed E-state index contributed by atoms with van der Waals surface area (Å²) in [7, 11) is -1.56. The van der Waals surface area contributed by atoms with Crippen LogP contribution in [-0.2, 0) is 9.84 Å². The monoisotopic (exact) mass is 269 g/mol. The summed E-state index contributed by atoms with van der Waals surface area (Å²) in [4.78, 5) is 14.0. The van der Waals surface area contributed by atoms with Gasteiger partial charge < -0.3 is 4.90 Å². The van der Waals surface area contributed by atoms with Gasteiger partial charge in [-0.05, 0) is 31.0 Å². The van der Waals surface area contributed by atoms with Crippen LogP contribution in [0.15, 0.2) is 23.1 Å². The highest BCUT2D eigenvalue weighted by Gasteiger charge is 2.16. The lowest BCUT2D eigenvalue weighted by atomic mass is 10.1. The van der Waals surface area contributed by atoms with Crippen molar-refractivity contribution < 1.29 is 13.2 Å². The number of carbonyl (C=O) groups is 1. The van der Waals surface area contributed by atoms with Gasteiger partial charge in [0.2, 0.25) is 0 Å². The molecule has 18 heavy (non-hydrogen) atoms. The molecule has 0 radical (unpaired) electrons. The molecule has 0 saturated heterocycles. The molecule has 0 heterocycles. The number of carbonyl (C=O) groups excluding carboxylic acids is 1. The van der Waals surface area contributed by atoms with Gasteiger partial charge in [0.05, 0.1) is 4.90 Å². The second-order valence-electron chi connectivity index (χ2n) is 4.48. The Balaban J connectivity index is 3.20. The summed E-state index contributed by atoms with van der Waals surface area (Å²) in [6.07, 6.45) is 2.01. The van der Waals surface area contributed by atoms with Crippen molar-refractivity contribution in [3.63, 3.8) is 0 Å². The van der Waals surface area contributed by atoms with E-state index in [1.54, 1.807) is 24.9 Å². The third-order valence-corrected chi connectivity index (χ3v) is 3.88. The van der Waals surface area contributed by atoms with Gasteiger partial charge in [0, 0.05) is 25.4 Å². The fraction of sp³-hybridized carbons (Fsp3) is 0.462. The number of aryl methyl sites for hydroxylation is 1. The minimum Gasteiger partial charge on any atom is -0.342 e. The Hall–Kier alpha value is -1.36. The molecule has 5 heteroatoms. The van der Waals surface area contributed by atoms with E-state index in [2.05, 4.69) is 0 Å². The number of amides is 1. The molecule has 0 spiro atoms. The second kappa shape index (κ2) is 5.52. The standard InChI is InChI=1S/C13H19NO3S/c1-5-8-14(3)13(15)12-9-11(18(4,16)17)7-6-10(12)2/h6-7,9H,5,8H2,1-4H3. The number of rotatable bonds is 4. The highest BCUT2D eigenvalue weighted by Crippen LogP contribution is 2.17. The molecule has 1 aromatic rings. The molecule has 0 saturated carbocycles. The van der Waals surface area contributed by atoms with Crippen molar-refractivity contribution >= 4 is 15.7 Å². The van der Waals surface area contributed by atoms with Gasteiger partial charge in [-0.15, -0.1) is 0 Å². The highest BCUT2D eigenvalue weighted by atomic mass is 32.2. The summed E-state index contributed by atoms with van der Waals surface area (Å²) in [5.41, 5.74) is 1.24. The Morgan fingerprint density at radius 3 is 2.44 bits per heavy atom. The van der Waals surface area contributed by atoms with Crippen LogP contribution in [0.1, 0.15) is 29.3 Å². The minimum absolute atomic E-state index is 0.139. The zero-order valence-electron chi connectivity index (χ0n) is 11.2. The number of hydrogen-bond donors (Lipinski definition) is 0. The van der Waals surface area contributed by atoms with Crippen LogP contribution in [0.2, 0.25) is 0 Å². The molecule has 0 atom stereocenters. The Morgan fingerprint density at radius 1 is 1.33 bits per heavy atom. The molecule has 0 aliphatic rings. The summed E-state index contributed by atoms with van der Waals surface area (Å²) < 4.78 is 23.0. The van der Waals surface area contributed by atoms with Crippen LogP contribution in [0, 0.1) is 6.92 Å². The molecule has 100 valence electrons. The summed E-state index contributed by atoms with van der Waals surface area (Å²) in [6.45, 7) is 4.45. The van der Waals surface area contributed by atoms with Gasteiger partial charge in [-0.1, -0.05) is 13.0 Å². The molecule has 0 N–H and O–H groups in total. The molecule has 0 aliphatic heterocycles. The van der Waals surface area contributed by atoms with E-state index in [9.17, 15) is 13.2 Å². The molecule has 4 nitrogen and oxygen atoms in total. The molecular formula is C13H19NO3S. The fourth-order valence-electron chi connectivity index (χ4n) is 1.70. The molecule has 0 bridgehead atoms. The topological polar surface area (TPSA) is 54.5 Å². The van der Waals surface area contributed by atoms with E-state index in [1.807, 2.05) is 6.92 Å². The maximum absolute atomic E-state index is 12.2. The lowest BCUT2D eigenvalue weighted by Crippen LogP contribution is -2.28. The number of nitrogens with zero attached hydrogens (tertiary/aromatic N) is 1. The number of benzene rings is 1. The van der Waals surface area contributed by atoms with Crippen molar-refractivity contribution in [1.82, 2.24) is 4.90 Å². The zero-order chi connectivity index (χ0) is 13.9. The number of hydrogen-bond acceptors (Lipinski definition) is 3. The molecule has 1 aromatic carbocycles. The van der Waals surface area contributed by atoms with Gasteiger partial charge >= 0.3 is 0 Å². The van der Waals surface area contributed by atoms with E-state index >= 15 is 0 Å². The molecule has 0 fully saturated rings. The van der Waals surface area contributed by atoms with E-state index in [4.69, 9.17) is 0 Å². The first-order valence-corrected chi connectivity index (χ1v) is 7.72. The molecule has 1 amide bonds. The second-order valence-corrected chi connectivity index (χ2v) is 6.49. The van der Waals surface area contributed by atoms with Gasteiger partial charge in [-0.3, -0.25) is 4.79 Å². The van der Waals surface area contributed by atoms with Crippen LogP contribution < -0.4 is 0 Å². The van der Waals surface area contributed by atoms with Crippen molar-refractivity contribution in [1.29, 1.82) is 0 Å². The first kappa shape index (κ1) is 14.7. The van der Waals surface area contributed by atoms with Gasteiger partial charge in [-0.25, -0.2) is 8.42 Å². The normalized spacial score (nSPS) is 11.3. The van der Waals surface area contributed by atoms with E-state index in [0.717, 1.165) is 18.2 Å². The van der Waals surface area contributed by atoms with Crippen LogP contribution in [0.3, 0.4) is 0 Å². The van der Waals surface area contributed by atoms with Crippen molar-refractivity contribution in [3.05, 3.63) is 29.3 Å². The Morgan fingerprint density at radius 2 is 1.94 bits per heavy atom. The van der Waals surface area contributed by atoms with Gasteiger partial charge in [0.1, 0.15) is 0 Å². The largest absolute Gasteiger partial charge is 0.342 e. The fourth-order valence-corrected chi connectivity index (χ4v) is 2.35. The molecule has 1 rings (SSSR count). The first-order valence-electron chi connectivity index (χ1n) is 5.83. The Bertz CT molecular complexity index is 549. The third kappa shape index (κ3) is 3.32. The average Bonchev–Trinajstić information content (AvgIpc) is 2.27.